The molecule has 1 aliphatic heterocycles. The molecule has 0 aromatic rings. The summed E-state index contributed by atoms with van der Waals surface area (Å²) in [5.41, 5.74) is 0. The standard InChI is InChI=1S/C16H32N2O/c1-3-11-17-12-15-9-10-16(19-15)13-18(2)14-7-5-4-6-8-14/h14-17H,3-13H2,1-2H3. The second kappa shape index (κ2) is 8.23. The quantitative estimate of drug-likeness (QED) is 0.719. The summed E-state index contributed by atoms with van der Waals surface area (Å²) >= 11 is 0. The summed E-state index contributed by atoms with van der Waals surface area (Å²) in [4.78, 5) is 2.56. The van der Waals surface area contributed by atoms with Crippen LogP contribution in [0.25, 0.3) is 0 Å². The second-order valence-corrected chi connectivity index (χ2v) is 6.39. The first-order valence-corrected chi connectivity index (χ1v) is 8.36. The maximum atomic E-state index is 6.17. The highest BCUT2D eigenvalue weighted by molar-refractivity contribution is 4.80. The molecule has 0 amide bonds. The Hall–Kier alpha value is -0.120. The molecule has 0 aromatic carbocycles. The van der Waals surface area contributed by atoms with E-state index in [2.05, 4.69) is 24.2 Å². The SMILES string of the molecule is CCCNCC1CCC(CN(C)C2CCCCC2)O1. The monoisotopic (exact) mass is 268 g/mol. The first-order valence-electron chi connectivity index (χ1n) is 8.36. The number of likely N-dealkylation sites (N-methyl/N-ethyl adjacent to an activating group) is 1. The van der Waals surface area contributed by atoms with E-state index in [4.69, 9.17) is 4.74 Å². The average molecular weight is 268 g/mol. The summed E-state index contributed by atoms with van der Waals surface area (Å²) in [7, 11) is 2.29. The van der Waals surface area contributed by atoms with Gasteiger partial charge >= 0.3 is 0 Å². The lowest BCUT2D eigenvalue weighted by Crippen LogP contribution is -2.39. The van der Waals surface area contributed by atoms with Crippen LogP contribution in [0.4, 0.5) is 0 Å². The number of nitrogens with one attached hydrogen (secondary N) is 1. The molecule has 2 aliphatic rings. The molecule has 2 rings (SSSR count). The summed E-state index contributed by atoms with van der Waals surface area (Å²) < 4.78 is 6.17. The van der Waals surface area contributed by atoms with Crippen molar-refractivity contribution in [1.82, 2.24) is 10.2 Å². The fourth-order valence-corrected chi connectivity index (χ4v) is 3.50. The fraction of sp³-hybridized carbons (Fsp3) is 1.00. The predicted octanol–water partition coefficient (Wildman–Crippen LogP) is 2.80. The van der Waals surface area contributed by atoms with Crippen LogP contribution in [-0.4, -0.2) is 49.8 Å². The molecule has 1 saturated carbocycles. The Morgan fingerprint density at radius 1 is 1.05 bits per heavy atom. The van der Waals surface area contributed by atoms with E-state index in [1.165, 1.54) is 51.4 Å². The molecule has 112 valence electrons. The van der Waals surface area contributed by atoms with Crippen LogP contribution in [0.5, 0.6) is 0 Å². The maximum absolute atomic E-state index is 6.17. The van der Waals surface area contributed by atoms with Gasteiger partial charge in [-0.05, 0) is 45.7 Å². The van der Waals surface area contributed by atoms with E-state index in [-0.39, 0.29) is 0 Å². The number of rotatable bonds is 7. The molecule has 2 unspecified atom stereocenters. The summed E-state index contributed by atoms with van der Waals surface area (Å²) in [5.74, 6) is 0. The minimum absolute atomic E-state index is 0.455. The molecule has 0 spiro atoms. The van der Waals surface area contributed by atoms with Crippen molar-refractivity contribution in [2.75, 3.05) is 26.7 Å². The van der Waals surface area contributed by atoms with Gasteiger partial charge < -0.3 is 15.0 Å². The Labute approximate surface area is 119 Å². The van der Waals surface area contributed by atoms with E-state index in [0.29, 0.717) is 12.2 Å². The van der Waals surface area contributed by atoms with Crippen molar-refractivity contribution in [2.45, 2.75) is 76.5 Å². The molecule has 19 heavy (non-hydrogen) atoms. The molecule has 1 N–H and O–H groups in total. The van der Waals surface area contributed by atoms with Crippen molar-refractivity contribution in [1.29, 1.82) is 0 Å². The van der Waals surface area contributed by atoms with E-state index in [1.807, 2.05) is 0 Å². The molecule has 0 aromatic heterocycles. The van der Waals surface area contributed by atoms with Gasteiger partial charge in [-0.15, -0.1) is 0 Å². The molecule has 0 bridgehead atoms. The van der Waals surface area contributed by atoms with E-state index in [1.54, 1.807) is 0 Å². The van der Waals surface area contributed by atoms with Crippen molar-refractivity contribution in [3.05, 3.63) is 0 Å². The molecule has 2 atom stereocenters. The maximum Gasteiger partial charge on any atom is 0.0707 e. The fourth-order valence-electron chi connectivity index (χ4n) is 3.50. The van der Waals surface area contributed by atoms with Crippen LogP contribution < -0.4 is 5.32 Å². The summed E-state index contributed by atoms with van der Waals surface area (Å²) in [6.45, 7) is 5.50. The highest BCUT2D eigenvalue weighted by Crippen LogP contribution is 2.25. The zero-order valence-corrected chi connectivity index (χ0v) is 12.9. The van der Waals surface area contributed by atoms with Gasteiger partial charge in [-0.1, -0.05) is 26.2 Å². The molecule has 3 heteroatoms. The van der Waals surface area contributed by atoms with Crippen LogP contribution in [-0.2, 0) is 4.74 Å². The Morgan fingerprint density at radius 3 is 2.53 bits per heavy atom. The lowest BCUT2D eigenvalue weighted by molar-refractivity contribution is 0.0173. The van der Waals surface area contributed by atoms with E-state index in [9.17, 15) is 0 Å². The molecule has 2 fully saturated rings. The third kappa shape index (κ3) is 5.05. The minimum Gasteiger partial charge on any atom is -0.372 e. The van der Waals surface area contributed by atoms with Crippen molar-refractivity contribution in [3.8, 4) is 0 Å². The smallest absolute Gasteiger partial charge is 0.0707 e. The Bertz CT molecular complexity index is 241. The largest absolute Gasteiger partial charge is 0.372 e. The number of hydrogen-bond donors (Lipinski definition) is 1. The van der Waals surface area contributed by atoms with Gasteiger partial charge in [0.1, 0.15) is 0 Å². The van der Waals surface area contributed by atoms with Gasteiger partial charge in [0, 0.05) is 19.1 Å². The predicted molar refractivity (Wildman–Crippen MR) is 80.6 cm³/mol. The second-order valence-electron chi connectivity index (χ2n) is 6.39. The Kier molecular flexibility index (Phi) is 6.62. The molecule has 3 nitrogen and oxygen atoms in total. The van der Waals surface area contributed by atoms with Gasteiger partial charge in [0.05, 0.1) is 12.2 Å². The van der Waals surface area contributed by atoms with Gasteiger partial charge in [0.15, 0.2) is 0 Å². The van der Waals surface area contributed by atoms with Crippen LogP contribution in [0.15, 0.2) is 0 Å². The van der Waals surface area contributed by atoms with Gasteiger partial charge in [-0.2, -0.15) is 0 Å². The van der Waals surface area contributed by atoms with Crippen molar-refractivity contribution in [2.24, 2.45) is 0 Å². The molecule has 0 radical (unpaired) electrons. The summed E-state index contributed by atoms with van der Waals surface area (Å²) in [6.07, 6.45) is 11.7. The number of nitrogens with zero attached hydrogens (tertiary/aromatic N) is 1. The zero-order valence-electron chi connectivity index (χ0n) is 12.9. The lowest BCUT2D eigenvalue weighted by atomic mass is 9.94. The van der Waals surface area contributed by atoms with Crippen LogP contribution >= 0.6 is 0 Å². The molecular formula is C16H32N2O. The molecule has 1 heterocycles. The zero-order chi connectivity index (χ0) is 13.5. The van der Waals surface area contributed by atoms with Crippen molar-refractivity contribution < 1.29 is 4.74 Å². The van der Waals surface area contributed by atoms with E-state index >= 15 is 0 Å². The first kappa shape index (κ1) is 15.3. The van der Waals surface area contributed by atoms with Crippen LogP contribution in [0.3, 0.4) is 0 Å². The van der Waals surface area contributed by atoms with Crippen molar-refractivity contribution >= 4 is 0 Å². The summed E-state index contributed by atoms with van der Waals surface area (Å²) in [6, 6.07) is 0.814. The third-order valence-corrected chi connectivity index (χ3v) is 4.68. The highest BCUT2D eigenvalue weighted by atomic mass is 16.5. The Balaban J connectivity index is 1.63. The van der Waals surface area contributed by atoms with E-state index < -0.39 is 0 Å². The van der Waals surface area contributed by atoms with Crippen LogP contribution in [0.2, 0.25) is 0 Å². The van der Waals surface area contributed by atoms with E-state index in [0.717, 1.165) is 25.7 Å². The van der Waals surface area contributed by atoms with Crippen LogP contribution in [0.1, 0.15) is 58.3 Å². The topological polar surface area (TPSA) is 24.5 Å². The minimum atomic E-state index is 0.455. The number of ether oxygens (including phenoxy) is 1. The van der Waals surface area contributed by atoms with Crippen LogP contribution in [0, 0.1) is 0 Å². The Morgan fingerprint density at radius 2 is 1.79 bits per heavy atom. The molecule has 1 aliphatic carbocycles. The van der Waals surface area contributed by atoms with Crippen molar-refractivity contribution in [3.63, 3.8) is 0 Å². The molecular weight excluding hydrogens is 236 g/mol. The molecule has 1 saturated heterocycles. The van der Waals surface area contributed by atoms with Gasteiger partial charge in [-0.3, -0.25) is 0 Å². The normalized spacial score (nSPS) is 29.2. The third-order valence-electron chi connectivity index (χ3n) is 4.68. The van der Waals surface area contributed by atoms with Gasteiger partial charge in [0.25, 0.3) is 0 Å². The summed E-state index contributed by atoms with van der Waals surface area (Å²) in [5, 5.41) is 3.48. The highest BCUT2D eigenvalue weighted by Gasteiger charge is 2.28. The van der Waals surface area contributed by atoms with Gasteiger partial charge in [0.2, 0.25) is 0 Å². The lowest BCUT2D eigenvalue weighted by Gasteiger charge is -2.32. The number of hydrogen-bond acceptors (Lipinski definition) is 3. The average Bonchev–Trinajstić information content (AvgIpc) is 2.88. The van der Waals surface area contributed by atoms with Gasteiger partial charge in [-0.25, -0.2) is 0 Å². The first-order chi connectivity index (χ1) is 9.29.